The first-order chi connectivity index (χ1) is 32.0. The van der Waals surface area contributed by atoms with Crippen LogP contribution in [0.15, 0.2) is 218 Å². The summed E-state index contributed by atoms with van der Waals surface area (Å²) in [4.78, 5) is 2.53. The molecule has 0 N–H and O–H groups in total. The van der Waals surface area contributed by atoms with E-state index in [1.807, 2.05) is 11.3 Å². The first-order valence-electron chi connectivity index (χ1n) is 22.7. The van der Waals surface area contributed by atoms with E-state index < -0.39 is 13.5 Å². The molecule has 0 saturated heterocycles. The summed E-state index contributed by atoms with van der Waals surface area (Å²) in [5.74, 6) is 0. The van der Waals surface area contributed by atoms with Gasteiger partial charge in [-0.2, -0.15) is 0 Å². The lowest BCUT2D eigenvalue weighted by Crippen LogP contribution is -2.63. The van der Waals surface area contributed by atoms with Gasteiger partial charge in [-0.1, -0.05) is 159 Å². The average Bonchev–Trinajstić information content (AvgIpc) is 3.90. The summed E-state index contributed by atoms with van der Waals surface area (Å²) < 4.78 is 5.03. The first kappa shape index (κ1) is 36.9. The second-order valence-corrected chi connectivity index (χ2v) is 23.8. The van der Waals surface area contributed by atoms with E-state index in [-0.39, 0.29) is 0 Å². The second kappa shape index (κ2) is 13.5. The molecule has 12 aromatic rings. The Bertz CT molecular complexity index is 3950. The van der Waals surface area contributed by atoms with E-state index in [0.29, 0.717) is 0 Å². The van der Waals surface area contributed by atoms with Crippen LogP contribution in [-0.2, 0) is 5.41 Å². The molecule has 2 aliphatic rings. The van der Waals surface area contributed by atoms with Gasteiger partial charge in [-0.15, -0.1) is 11.3 Å². The molecular weight excluding hydrogens is 821 g/mol. The van der Waals surface area contributed by atoms with E-state index in [4.69, 9.17) is 0 Å². The maximum atomic E-state index is 2.59. The van der Waals surface area contributed by atoms with Crippen molar-refractivity contribution in [1.29, 1.82) is 0 Å². The summed E-state index contributed by atoms with van der Waals surface area (Å²) in [6.45, 7) is 5.14. The van der Waals surface area contributed by atoms with Crippen LogP contribution in [0, 0.1) is 0 Å². The Balaban J connectivity index is 1.06. The maximum Gasteiger partial charge on any atom is 0.113 e. The molecule has 65 heavy (non-hydrogen) atoms. The fourth-order valence-corrected chi connectivity index (χ4v) is 16.4. The largest absolute Gasteiger partial charge is 0.310 e. The summed E-state index contributed by atoms with van der Waals surface area (Å²) >= 11 is 1.87. The maximum absolute atomic E-state index is 2.59. The van der Waals surface area contributed by atoms with Gasteiger partial charge in [0.25, 0.3) is 0 Å². The summed E-state index contributed by atoms with van der Waals surface area (Å²) in [6.07, 6.45) is 0. The van der Waals surface area contributed by atoms with Gasteiger partial charge in [0.2, 0.25) is 0 Å². The van der Waals surface area contributed by atoms with Crippen molar-refractivity contribution in [2.45, 2.75) is 18.5 Å². The van der Waals surface area contributed by atoms with Crippen LogP contribution in [0.3, 0.4) is 0 Å². The van der Waals surface area contributed by atoms with Gasteiger partial charge in [-0.3, -0.25) is 0 Å². The van der Waals surface area contributed by atoms with Crippen molar-refractivity contribution in [2.75, 3.05) is 4.90 Å². The van der Waals surface area contributed by atoms with Crippen LogP contribution in [0.1, 0.15) is 22.3 Å². The standard InChI is InChI=1S/C61H42N2SSi/c1-65(2)58-29-13-10-25-51(58)61(50-24-9-6-20-44(50)47-23-14-16-39-17-15-26-53(61)60(39)47)52-33-30-43(38-59(52)65)62(42-32-35-57-49(37-42)46-22-8-12-28-56(46)64-57)41-31-34-55-48(36-41)45-21-7-11-27-54(45)63(55)40-18-4-3-5-19-40/h3-38H,1-2H3. The Morgan fingerprint density at radius 2 is 1.02 bits per heavy atom. The van der Waals surface area contributed by atoms with Crippen LogP contribution in [0.5, 0.6) is 0 Å². The molecule has 1 atom stereocenters. The normalized spacial score (nSPS) is 15.7. The van der Waals surface area contributed by atoms with Crippen molar-refractivity contribution < 1.29 is 0 Å². The van der Waals surface area contributed by atoms with Gasteiger partial charge in [-0.25, -0.2) is 0 Å². The monoisotopic (exact) mass is 862 g/mol. The fraction of sp³-hybridized carbons (Fsp3) is 0.0492. The van der Waals surface area contributed by atoms with Crippen LogP contribution in [0.25, 0.3) is 69.6 Å². The number of anilines is 3. The minimum Gasteiger partial charge on any atom is -0.310 e. The van der Waals surface area contributed by atoms with Crippen LogP contribution in [0.4, 0.5) is 17.1 Å². The highest BCUT2D eigenvalue weighted by Crippen LogP contribution is 2.56. The van der Waals surface area contributed by atoms with Gasteiger partial charge in [-0.05, 0) is 127 Å². The third-order valence-electron chi connectivity index (χ3n) is 14.8. The summed E-state index contributed by atoms with van der Waals surface area (Å²) in [5, 5.41) is 10.7. The Labute approximate surface area is 382 Å². The zero-order valence-electron chi connectivity index (χ0n) is 36.1. The molecule has 0 fully saturated rings. The van der Waals surface area contributed by atoms with Gasteiger partial charge in [0, 0.05) is 53.7 Å². The SMILES string of the molecule is C[Si]1(C)c2ccccc2C2(c3ccccc3-c3cccc4cccc2c34)c2ccc(N(c3ccc4sc5ccccc5c4c3)c3ccc4c(c3)c3ccccc3n4-c3ccccc3)cc21. The first-order valence-corrected chi connectivity index (χ1v) is 26.5. The van der Waals surface area contributed by atoms with Crippen molar-refractivity contribution in [3.05, 3.63) is 241 Å². The molecule has 1 aliphatic heterocycles. The Morgan fingerprint density at radius 3 is 1.89 bits per heavy atom. The quantitative estimate of drug-likeness (QED) is 0.160. The van der Waals surface area contributed by atoms with Crippen LogP contribution in [0.2, 0.25) is 13.1 Å². The fourth-order valence-electron chi connectivity index (χ4n) is 12.1. The molecule has 1 aliphatic carbocycles. The zero-order chi connectivity index (χ0) is 43.0. The molecule has 0 amide bonds. The van der Waals surface area contributed by atoms with E-state index in [2.05, 4.69) is 241 Å². The predicted octanol–water partition coefficient (Wildman–Crippen LogP) is 15.3. The second-order valence-electron chi connectivity index (χ2n) is 18.4. The molecule has 0 saturated carbocycles. The minimum atomic E-state index is -2.33. The number of fused-ring (bicyclic) bond motifs is 14. The predicted molar refractivity (Wildman–Crippen MR) is 280 cm³/mol. The van der Waals surface area contributed by atoms with Gasteiger partial charge < -0.3 is 9.47 Å². The summed E-state index contributed by atoms with van der Waals surface area (Å²) in [7, 11) is -2.33. The highest BCUT2D eigenvalue weighted by Gasteiger charge is 2.52. The van der Waals surface area contributed by atoms with E-state index in [1.54, 1.807) is 0 Å². The van der Waals surface area contributed by atoms with Crippen molar-refractivity contribution in [1.82, 2.24) is 4.57 Å². The summed E-state index contributed by atoms with van der Waals surface area (Å²) in [5.41, 5.74) is 14.8. The third-order valence-corrected chi connectivity index (χ3v) is 19.5. The lowest BCUT2D eigenvalue weighted by molar-refractivity contribution is 0.754. The average molecular weight is 863 g/mol. The van der Waals surface area contributed by atoms with E-state index >= 15 is 0 Å². The Kier molecular flexibility index (Phi) is 7.67. The number of nitrogens with zero attached hydrogens (tertiary/aromatic N) is 2. The van der Waals surface area contributed by atoms with Crippen LogP contribution in [-0.4, -0.2) is 12.6 Å². The molecule has 14 rings (SSSR count). The molecule has 0 bridgehead atoms. The van der Waals surface area contributed by atoms with Gasteiger partial charge >= 0.3 is 0 Å². The number of aromatic nitrogens is 1. The van der Waals surface area contributed by atoms with Crippen molar-refractivity contribution >= 4 is 99.6 Å². The Morgan fingerprint density at radius 1 is 0.415 bits per heavy atom. The number of para-hydroxylation sites is 2. The molecule has 3 heterocycles. The van der Waals surface area contributed by atoms with Gasteiger partial charge in [0.05, 0.1) is 16.4 Å². The number of rotatable bonds is 4. The Hall–Kier alpha value is -7.50. The molecule has 4 heteroatoms. The van der Waals surface area contributed by atoms with E-state index in [0.717, 1.165) is 17.1 Å². The lowest BCUT2D eigenvalue weighted by Gasteiger charge is -2.50. The molecule has 10 aromatic carbocycles. The molecule has 1 unspecified atom stereocenters. The topological polar surface area (TPSA) is 8.17 Å². The highest BCUT2D eigenvalue weighted by molar-refractivity contribution is 7.25. The smallest absolute Gasteiger partial charge is 0.113 e. The van der Waals surface area contributed by atoms with Crippen LogP contribution < -0.4 is 15.3 Å². The molecule has 0 radical (unpaired) electrons. The highest BCUT2D eigenvalue weighted by atomic mass is 32.1. The van der Waals surface area contributed by atoms with E-state index in [9.17, 15) is 0 Å². The molecular formula is C61H42N2SSi. The van der Waals surface area contributed by atoms with Crippen LogP contribution >= 0.6 is 11.3 Å². The van der Waals surface area contributed by atoms with Gasteiger partial charge in [0.1, 0.15) is 8.07 Å². The lowest BCUT2D eigenvalue weighted by atomic mass is 9.59. The van der Waals surface area contributed by atoms with Crippen molar-refractivity contribution in [3.63, 3.8) is 0 Å². The van der Waals surface area contributed by atoms with Crippen molar-refractivity contribution in [3.8, 4) is 16.8 Å². The zero-order valence-corrected chi connectivity index (χ0v) is 37.9. The number of benzene rings is 10. The molecule has 2 aromatic heterocycles. The number of hydrogen-bond donors (Lipinski definition) is 0. The summed E-state index contributed by atoms with van der Waals surface area (Å²) in [6, 6.07) is 82.7. The number of thiophene rings is 1. The van der Waals surface area contributed by atoms with Crippen molar-refractivity contribution in [2.24, 2.45) is 0 Å². The van der Waals surface area contributed by atoms with Gasteiger partial charge in [0.15, 0.2) is 0 Å². The third kappa shape index (κ3) is 4.98. The van der Waals surface area contributed by atoms with E-state index in [1.165, 1.54) is 102 Å². The molecule has 1 spiro atoms. The minimum absolute atomic E-state index is 0.491. The molecule has 306 valence electrons. The number of hydrogen-bond acceptors (Lipinski definition) is 2. The molecule has 2 nitrogen and oxygen atoms in total.